The van der Waals surface area contributed by atoms with Gasteiger partial charge in [-0.05, 0) is 0 Å². The van der Waals surface area contributed by atoms with Crippen molar-refractivity contribution in [2.75, 3.05) is 0 Å². The van der Waals surface area contributed by atoms with Crippen LogP contribution in [0.15, 0.2) is 22.9 Å². The van der Waals surface area contributed by atoms with Gasteiger partial charge in [0.05, 0.1) is 0 Å². The number of aromatic nitrogens is 1. The summed E-state index contributed by atoms with van der Waals surface area (Å²) in [5, 5.41) is 0. The number of rotatable bonds is 3. The van der Waals surface area contributed by atoms with Crippen molar-refractivity contribution in [1.82, 2.24) is 4.98 Å². The predicted molar refractivity (Wildman–Crippen MR) is 58.6 cm³/mol. The second kappa shape index (κ2) is 5.31. The first-order valence-electron chi connectivity index (χ1n) is 4.71. The molecule has 0 saturated carbocycles. The average Bonchev–Trinajstić information content (AvgIpc) is 2.41. The minimum atomic E-state index is 0.188. The van der Waals surface area contributed by atoms with Crippen LogP contribution in [0.5, 0.6) is 0 Å². The number of hydrogen-bond acceptors (Lipinski definition) is 0. The van der Waals surface area contributed by atoms with E-state index in [-0.39, 0.29) is 17.1 Å². The Kier molecular flexibility index (Phi) is 4.35. The molecule has 0 fully saturated rings. The normalized spacial score (nSPS) is 12.3. The summed E-state index contributed by atoms with van der Waals surface area (Å²) in [7, 11) is 0. The van der Waals surface area contributed by atoms with Crippen LogP contribution in [0, 0.1) is 20.8 Å². The van der Waals surface area contributed by atoms with Gasteiger partial charge in [0.2, 0.25) is 0 Å². The number of H-pyrrole nitrogens is 1. The molecule has 14 heavy (non-hydrogen) atoms. The van der Waals surface area contributed by atoms with Crippen molar-refractivity contribution in [3.05, 3.63) is 39.7 Å². The first kappa shape index (κ1) is 11.5. The van der Waals surface area contributed by atoms with E-state index in [0.717, 1.165) is 0 Å². The molecular formula is C12H17NRu. The van der Waals surface area contributed by atoms with Crippen LogP contribution in [-0.4, -0.2) is 4.98 Å². The third kappa shape index (κ3) is 2.68. The van der Waals surface area contributed by atoms with Gasteiger partial charge in [-0.25, -0.2) is 0 Å². The molecule has 1 heterocycles. The Hall–Kier alpha value is -0.617. The van der Waals surface area contributed by atoms with Crippen LogP contribution in [0.1, 0.15) is 23.7 Å². The second-order valence-corrected chi connectivity index (χ2v) is 5.19. The van der Waals surface area contributed by atoms with Crippen molar-refractivity contribution in [3.63, 3.8) is 0 Å². The molecule has 0 bridgehead atoms. The van der Waals surface area contributed by atoms with Crippen molar-refractivity contribution < 1.29 is 17.1 Å². The van der Waals surface area contributed by atoms with Gasteiger partial charge < -0.3 is 0 Å². The third-order valence-corrected chi connectivity index (χ3v) is 4.27. The second-order valence-electron chi connectivity index (χ2n) is 3.24. The van der Waals surface area contributed by atoms with Gasteiger partial charge in [-0.3, -0.25) is 0 Å². The fourth-order valence-corrected chi connectivity index (χ4v) is 2.94. The van der Waals surface area contributed by atoms with Crippen LogP contribution in [0.3, 0.4) is 0 Å². The van der Waals surface area contributed by atoms with Crippen LogP contribution in [0.2, 0.25) is 0 Å². The van der Waals surface area contributed by atoms with Crippen LogP contribution in [0.4, 0.5) is 0 Å². The van der Waals surface area contributed by atoms with Gasteiger partial charge >= 0.3 is 93.8 Å². The molecule has 0 aliphatic rings. The molecule has 0 aliphatic carbocycles. The molecule has 1 aromatic rings. The Labute approximate surface area is 93.9 Å². The third-order valence-electron chi connectivity index (χ3n) is 2.27. The van der Waals surface area contributed by atoms with Gasteiger partial charge in [-0.1, -0.05) is 0 Å². The van der Waals surface area contributed by atoms with Crippen LogP contribution >= 0.6 is 0 Å². The molecule has 0 spiro atoms. The van der Waals surface area contributed by atoms with E-state index in [1.807, 2.05) is 6.92 Å². The molecule has 1 rings (SSSR count). The Bertz CT molecular complexity index is 359. The summed E-state index contributed by atoms with van der Waals surface area (Å²) >= 11 is 0.188. The molecule has 0 aromatic carbocycles. The number of aryl methyl sites for hydroxylation is 1. The summed E-state index contributed by atoms with van der Waals surface area (Å²) in [5.74, 6) is 0. The van der Waals surface area contributed by atoms with E-state index in [1.165, 1.54) is 21.1 Å². The van der Waals surface area contributed by atoms with Crippen LogP contribution in [-0.2, 0) is 17.1 Å². The average molecular weight is 276 g/mol. The predicted octanol–water partition coefficient (Wildman–Crippen LogP) is 2.74. The number of allylic oxidation sites excluding steroid dienone is 3. The van der Waals surface area contributed by atoms with Gasteiger partial charge in [-0.15, -0.1) is 0 Å². The monoisotopic (exact) mass is 277 g/mol. The summed E-state index contributed by atoms with van der Waals surface area (Å²) < 4.78 is 3.69. The molecular weight excluding hydrogens is 259 g/mol. The molecule has 78 valence electrons. The van der Waals surface area contributed by atoms with Crippen LogP contribution in [0.25, 0.3) is 0 Å². The van der Waals surface area contributed by atoms with E-state index >= 15 is 0 Å². The van der Waals surface area contributed by atoms with E-state index in [9.17, 15) is 0 Å². The zero-order valence-electron chi connectivity index (χ0n) is 9.16. The summed E-state index contributed by atoms with van der Waals surface area (Å²) in [6.45, 7) is 8.56. The number of hydrogen-bond donors (Lipinski definition) is 1. The number of aromatic amines is 1. The van der Waals surface area contributed by atoms with Gasteiger partial charge in [0.15, 0.2) is 0 Å². The van der Waals surface area contributed by atoms with E-state index in [1.54, 1.807) is 0 Å². The van der Waals surface area contributed by atoms with E-state index in [4.69, 9.17) is 0 Å². The molecule has 1 N–H and O–H groups in total. The van der Waals surface area contributed by atoms with Crippen molar-refractivity contribution in [2.24, 2.45) is 0 Å². The van der Waals surface area contributed by atoms with Crippen molar-refractivity contribution in [1.29, 1.82) is 0 Å². The summed E-state index contributed by atoms with van der Waals surface area (Å²) in [4.78, 5) is 3.45. The van der Waals surface area contributed by atoms with E-state index in [0.29, 0.717) is 0 Å². The molecule has 0 aliphatic heterocycles. The van der Waals surface area contributed by atoms with Gasteiger partial charge in [0.1, 0.15) is 0 Å². The topological polar surface area (TPSA) is 15.8 Å². The Morgan fingerprint density at radius 3 is 2.29 bits per heavy atom. The molecule has 1 aromatic heterocycles. The Morgan fingerprint density at radius 2 is 1.79 bits per heavy atom. The maximum atomic E-state index is 3.45. The van der Waals surface area contributed by atoms with Gasteiger partial charge in [0.25, 0.3) is 0 Å². The minimum absolute atomic E-state index is 0.188. The quantitative estimate of drug-likeness (QED) is 0.645. The maximum absolute atomic E-state index is 3.45. The van der Waals surface area contributed by atoms with Crippen molar-refractivity contribution in [3.8, 4) is 0 Å². The van der Waals surface area contributed by atoms with Gasteiger partial charge in [-0.2, -0.15) is 0 Å². The zero-order valence-corrected chi connectivity index (χ0v) is 10.9. The van der Waals surface area contributed by atoms with E-state index < -0.39 is 0 Å². The molecule has 1 nitrogen and oxygen atoms in total. The Balaban J connectivity index is 2.72. The van der Waals surface area contributed by atoms with Crippen molar-refractivity contribution >= 4 is 4.29 Å². The first-order chi connectivity index (χ1) is 6.66. The standard InChI is InChI=1S/C7H10N.C5H7.Ru/c1-5-4-8-7(3)6(5)2;1-3-5-4-2;/h8H,1-3H3;1,3-5H,2H3;. The SMILES string of the molecule is CC=CC=[CH][Ru][c]1[nH]c(C)c(C)c1C. The van der Waals surface area contributed by atoms with E-state index in [2.05, 4.69) is 48.7 Å². The number of nitrogens with one attached hydrogen (secondary N) is 1. The van der Waals surface area contributed by atoms with Gasteiger partial charge in [0, 0.05) is 0 Å². The Morgan fingerprint density at radius 1 is 1.07 bits per heavy atom. The van der Waals surface area contributed by atoms with Crippen molar-refractivity contribution in [2.45, 2.75) is 27.7 Å². The zero-order chi connectivity index (χ0) is 10.6. The molecule has 0 saturated heterocycles. The molecule has 0 radical (unpaired) electrons. The molecule has 2 heteroatoms. The summed E-state index contributed by atoms with van der Waals surface area (Å²) in [6.07, 6.45) is 6.25. The molecule has 0 amide bonds. The summed E-state index contributed by atoms with van der Waals surface area (Å²) in [6, 6.07) is 0. The first-order valence-corrected chi connectivity index (χ1v) is 6.58. The fraction of sp³-hybridized carbons (Fsp3) is 0.333. The summed E-state index contributed by atoms with van der Waals surface area (Å²) in [5.41, 5.74) is 4.16. The molecule has 0 atom stereocenters. The molecule has 0 unspecified atom stereocenters. The van der Waals surface area contributed by atoms with Crippen LogP contribution < -0.4 is 4.29 Å². The fourth-order valence-electron chi connectivity index (χ4n) is 1.13.